The van der Waals surface area contributed by atoms with Crippen molar-refractivity contribution in [1.82, 2.24) is 9.97 Å². The summed E-state index contributed by atoms with van der Waals surface area (Å²) in [6, 6.07) is 9.96. The third kappa shape index (κ3) is 4.01. The second kappa shape index (κ2) is 7.91. The lowest BCUT2D eigenvalue weighted by molar-refractivity contribution is -0.119. The fraction of sp³-hybridized carbons (Fsp3) is 0.200. The van der Waals surface area contributed by atoms with Crippen molar-refractivity contribution < 1.29 is 23.8 Å². The van der Waals surface area contributed by atoms with Gasteiger partial charge in [0.15, 0.2) is 18.1 Å². The molecule has 0 bridgehead atoms. The van der Waals surface area contributed by atoms with Crippen molar-refractivity contribution in [2.45, 2.75) is 6.42 Å². The van der Waals surface area contributed by atoms with Crippen molar-refractivity contribution in [2.75, 3.05) is 25.1 Å². The van der Waals surface area contributed by atoms with E-state index in [-0.39, 0.29) is 0 Å². The molecule has 2 heterocycles. The average molecular weight is 379 g/mol. The highest BCUT2D eigenvalue weighted by atomic mass is 16.5. The molecule has 0 aliphatic carbocycles. The molecule has 8 nitrogen and oxygen atoms in total. The number of hydrogen-bond donors (Lipinski definition) is 1. The first kappa shape index (κ1) is 17.7. The number of esters is 1. The number of ether oxygens (including phenoxy) is 3. The zero-order valence-electron chi connectivity index (χ0n) is 14.9. The molecule has 1 aromatic heterocycles. The molecule has 0 unspecified atom stereocenters. The second-order valence-corrected chi connectivity index (χ2v) is 6.10. The van der Waals surface area contributed by atoms with Gasteiger partial charge in [0.25, 0.3) is 5.91 Å². The first-order chi connectivity index (χ1) is 13.7. The molecule has 1 N–H and O–H groups in total. The van der Waals surface area contributed by atoms with Gasteiger partial charge in [0.05, 0.1) is 29.8 Å². The van der Waals surface area contributed by atoms with Gasteiger partial charge < -0.3 is 19.5 Å². The Kier molecular flexibility index (Phi) is 5.01. The molecule has 1 aliphatic heterocycles. The molecule has 142 valence electrons. The lowest BCUT2D eigenvalue weighted by Crippen LogP contribution is -2.21. The molecule has 2 aromatic carbocycles. The number of nitrogens with one attached hydrogen (secondary N) is 1. The Morgan fingerprint density at radius 1 is 0.964 bits per heavy atom. The van der Waals surface area contributed by atoms with E-state index in [1.54, 1.807) is 48.8 Å². The molecule has 0 saturated heterocycles. The Bertz CT molecular complexity index is 1040. The van der Waals surface area contributed by atoms with Crippen LogP contribution in [0.2, 0.25) is 0 Å². The number of benzene rings is 2. The van der Waals surface area contributed by atoms with Crippen LogP contribution in [-0.2, 0) is 9.53 Å². The maximum absolute atomic E-state index is 12.2. The van der Waals surface area contributed by atoms with E-state index in [4.69, 9.17) is 14.2 Å². The number of nitrogens with zero attached hydrogens (tertiary/aromatic N) is 2. The second-order valence-electron chi connectivity index (χ2n) is 6.10. The summed E-state index contributed by atoms with van der Waals surface area (Å²) in [5.41, 5.74) is 2.09. The first-order valence-corrected chi connectivity index (χ1v) is 8.76. The number of carbonyl (C=O) groups excluding carboxylic acids is 2. The number of hydrogen-bond acceptors (Lipinski definition) is 7. The van der Waals surface area contributed by atoms with Crippen molar-refractivity contribution in [3.8, 4) is 11.5 Å². The highest BCUT2D eigenvalue weighted by Gasteiger charge is 2.14. The molecule has 0 spiro atoms. The molecule has 28 heavy (non-hydrogen) atoms. The fourth-order valence-corrected chi connectivity index (χ4v) is 2.74. The summed E-state index contributed by atoms with van der Waals surface area (Å²) < 4.78 is 16.2. The van der Waals surface area contributed by atoms with E-state index in [0.717, 1.165) is 6.42 Å². The minimum atomic E-state index is -0.610. The fourth-order valence-electron chi connectivity index (χ4n) is 2.74. The van der Waals surface area contributed by atoms with E-state index in [1.165, 1.54) is 0 Å². The van der Waals surface area contributed by atoms with Crippen LogP contribution in [-0.4, -0.2) is 41.7 Å². The van der Waals surface area contributed by atoms with Crippen LogP contribution in [0.4, 0.5) is 5.69 Å². The van der Waals surface area contributed by atoms with Crippen molar-refractivity contribution in [3.63, 3.8) is 0 Å². The standard InChI is InChI=1S/C20H17N3O5/c24-19(23-14-3-5-17-18(11-14)27-9-1-8-26-17)12-28-20(25)13-2-4-15-16(10-13)22-7-6-21-15/h2-7,10-11H,1,8-9,12H2,(H,23,24). The summed E-state index contributed by atoms with van der Waals surface area (Å²) in [6.07, 6.45) is 3.91. The van der Waals surface area contributed by atoms with Crippen molar-refractivity contribution in [1.29, 1.82) is 0 Å². The van der Waals surface area contributed by atoms with Crippen LogP contribution in [0.25, 0.3) is 11.0 Å². The van der Waals surface area contributed by atoms with Gasteiger partial charge in [0.2, 0.25) is 0 Å². The number of aromatic nitrogens is 2. The Hall–Kier alpha value is -3.68. The van der Waals surface area contributed by atoms with Crippen LogP contribution >= 0.6 is 0 Å². The molecule has 8 heteroatoms. The molecule has 0 radical (unpaired) electrons. The summed E-state index contributed by atoms with van der Waals surface area (Å²) >= 11 is 0. The predicted molar refractivity (Wildman–Crippen MR) is 100 cm³/mol. The Labute approximate surface area is 160 Å². The van der Waals surface area contributed by atoms with Gasteiger partial charge >= 0.3 is 5.97 Å². The summed E-state index contributed by atoms with van der Waals surface area (Å²) in [4.78, 5) is 32.6. The van der Waals surface area contributed by atoms with Crippen LogP contribution in [0, 0.1) is 0 Å². The highest BCUT2D eigenvalue weighted by Crippen LogP contribution is 2.32. The molecule has 0 saturated carbocycles. The minimum absolute atomic E-state index is 0.302. The molecule has 0 fully saturated rings. The molecular formula is C20H17N3O5. The van der Waals surface area contributed by atoms with E-state index in [0.29, 0.717) is 47.0 Å². The van der Waals surface area contributed by atoms with Gasteiger partial charge in [-0.2, -0.15) is 0 Å². The van der Waals surface area contributed by atoms with Crippen molar-refractivity contribution >= 4 is 28.6 Å². The predicted octanol–water partition coefficient (Wildman–Crippen LogP) is 2.59. The third-order valence-electron chi connectivity index (χ3n) is 4.07. The summed E-state index contributed by atoms with van der Waals surface area (Å²) in [5.74, 6) is 0.149. The molecule has 1 aliphatic rings. The number of carbonyl (C=O) groups is 2. The van der Waals surface area contributed by atoms with E-state index in [2.05, 4.69) is 15.3 Å². The van der Waals surface area contributed by atoms with Gasteiger partial charge in [-0.3, -0.25) is 14.8 Å². The lowest BCUT2D eigenvalue weighted by Gasteiger charge is -2.10. The molecular weight excluding hydrogens is 362 g/mol. The Morgan fingerprint density at radius 3 is 2.61 bits per heavy atom. The quantitative estimate of drug-likeness (QED) is 0.696. The maximum atomic E-state index is 12.2. The average Bonchev–Trinajstić information content (AvgIpc) is 2.96. The number of anilines is 1. The largest absolute Gasteiger partial charge is 0.490 e. The smallest absolute Gasteiger partial charge is 0.338 e. The number of amides is 1. The minimum Gasteiger partial charge on any atom is -0.490 e. The number of rotatable bonds is 4. The van der Waals surface area contributed by atoms with Crippen molar-refractivity contribution in [3.05, 3.63) is 54.4 Å². The van der Waals surface area contributed by atoms with Crippen LogP contribution in [0.3, 0.4) is 0 Å². The van der Waals surface area contributed by atoms with E-state index < -0.39 is 18.5 Å². The molecule has 1 amide bonds. The van der Waals surface area contributed by atoms with Crippen LogP contribution in [0.5, 0.6) is 11.5 Å². The van der Waals surface area contributed by atoms with E-state index in [1.807, 2.05) is 0 Å². The van der Waals surface area contributed by atoms with Gasteiger partial charge in [-0.25, -0.2) is 4.79 Å². The van der Waals surface area contributed by atoms with Crippen LogP contribution in [0.15, 0.2) is 48.8 Å². The van der Waals surface area contributed by atoms with Gasteiger partial charge in [-0.05, 0) is 30.3 Å². The summed E-state index contributed by atoms with van der Waals surface area (Å²) in [6.45, 7) is 0.735. The summed E-state index contributed by atoms with van der Waals surface area (Å²) in [7, 11) is 0. The maximum Gasteiger partial charge on any atom is 0.338 e. The zero-order valence-corrected chi connectivity index (χ0v) is 14.9. The molecule has 3 aromatic rings. The van der Waals surface area contributed by atoms with Gasteiger partial charge in [0, 0.05) is 30.6 Å². The lowest BCUT2D eigenvalue weighted by atomic mass is 10.2. The SMILES string of the molecule is O=C(COC(=O)c1ccc2nccnc2c1)Nc1ccc2c(c1)OCCCO2. The van der Waals surface area contributed by atoms with Crippen LogP contribution < -0.4 is 14.8 Å². The third-order valence-corrected chi connectivity index (χ3v) is 4.07. The molecule has 4 rings (SSSR count). The van der Waals surface area contributed by atoms with Gasteiger partial charge in [-0.1, -0.05) is 0 Å². The first-order valence-electron chi connectivity index (χ1n) is 8.76. The van der Waals surface area contributed by atoms with Crippen LogP contribution in [0.1, 0.15) is 16.8 Å². The topological polar surface area (TPSA) is 99.6 Å². The normalized spacial score (nSPS) is 12.9. The Balaban J connectivity index is 1.36. The van der Waals surface area contributed by atoms with Crippen molar-refractivity contribution in [2.24, 2.45) is 0 Å². The van der Waals surface area contributed by atoms with Gasteiger partial charge in [0.1, 0.15) is 0 Å². The summed E-state index contributed by atoms with van der Waals surface area (Å²) in [5, 5.41) is 2.67. The van der Waals surface area contributed by atoms with E-state index >= 15 is 0 Å². The van der Waals surface area contributed by atoms with E-state index in [9.17, 15) is 9.59 Å². The number of fused-ring (bicyclic) bond motifs is 2. The molecule has 0 atom stereocenters. The monoisotopic (exact) mass is 379 g/mol. The highest BCUT2D eigenvalue weighted by molar-refractivity contribution is 5.97. The Morgan fingerprint density at radius 2 is 1.75 bits per heavy atom. The zero-order chi connectivity index (χ0) is 19.3. The van der Waals surface area contributed by atoms with Gasteiger partial charge in [-0.15, -0.1) is 0 Å².